The number of imidazole rings is 1. The van der Waals surface area contributed by atoms with Gasteiger partial charge >= 0.3 is 0 Å². The first kappa shape index (κ1) is 8.41. The maximum Gasteiger partial charge on any atom is 0.204 e. The minimum absolute atomic E-state index is 0.586. The number of nitrogens with one attached hydrogen (secondary N) is 1. The van der Waals surface area contributed by atoms with Gasteiger partial charge in [0.25, 0.3) is 0 Å². The summed E-state index contributed by atoms with van der Waals surface area (Å²) in [5, 5.41) is 3.40. The summed E-state index contributed by atoms with van der Waals surface area (Å²) >= 11 is 0. The van der Waals surface area contributed by atoms with Crippen molar-refractivity contribution in [3.05, 3.63) is 6.20 Å². The predicted octanol–water partition coefficient (Wildman–Crippen LogP) is 1.36. The number of nitrogens with zero attached hydrogens (tertiary/aromatic N) is 2. The standard InChI is InChI=1S/C9H16N4/c1-13-6-8(10)12-9(13)11-7-4-2-3-5-7/h6-7H,2-5,10H2,1H3,(H,11,12). The average Bonchev–Trinajstić information content (AvgIpc) is 2.63. The molecule has 0 amide bonds. The SMILES string of the molecule is Cn1cc(N)nc1NC1CCCC1. The van der Waals surface area contributed by atoms with E-state index in [1.807, 2.05) is 17.8 Å². The van der Waals surface area contributed by atoms with Crippen molar-refractivity contribution in [2.75, 3.05) is 11.1 Å². The number of hydrogen-bond donors (Lipinski definition) is 2. The van der Waals surface area contributed by atoms with Crippen LogP contribution in [0.15, 0.2) is 6.20 Å². The summed E-state index contributed by atoms with van der Waals surface area (Å²) in [6.07, 6.45) is 7.01. The second-order valence-electron chi connectivity index (χ2n) is 3.73. The molecule has 0 saturated heterocycles. The van der Waals surface area contributed by atoms with Crippen LogP contribution >= 0.6 is 0 Å². The minimum Gasteiger partial charge on any atom is -0.382 e. The third-order valence-electron chi connectivity index (χ3n) is 2.58. The van der Waals surface area contributed by atoms with Crippen LogP contribution in [0.5, 0.6) is 0 Å². The fourth-order valence-corrected chi connectivity index (χ4v) is 1.88. The summed E-state index contributed by atoms with van der Waals surface area (Å²) < 4.78 is 1.94. The van der Waals surface area contributed by atoms with E-state index in [1.54, 1.807) is 0 Å². The molecule has 1 heterocycles. The zero-order valence-corrected chi connectivity index (χ0v) is 7.95. The molecule has 1 aliphatic carbocycles. The molecule has 1 fully saturated rings. The van der Waals surface area contributed by atoms with E-state index in [0.29, 0.717) is 11.9 Å². The summed E-state index contributed by atoms with van der Waals surface area (Å²) in [6, 6.07) is 0.598. The summed E-state index contributed by atoms with van der Waals surface area (Å²) in [5.74, 6) is 1.48. The number of nitrogens with two attached hydrogens (primary N) is 1. The molecule has 4 heteroatoms. The molecule has 2 rings (SSSR count). The highest BCUT2D eigenvalue weighted by Crippen LogP contribution is 2.21. The number of aryl methyl sites for hydroxylation is 1. The molecule has 0 aliphatic heterocycles. The van der Waals surface area contributed by atoms with Gasteiger partial charge in [-0.3, -0.25) is 0 Å². The lowest BCUT2D eigenvalue weighted by atomic mass is 10.3. The predicted molar refractivity (Wildman–Crippen MR) is 53.5 cm³/mol. The molecule has 13 heavy (non-hydrogen) atoms. The van der Waals surface area contributed by atoms with Crippen LogP contribution in [-0.2, 0) is 7.05 Å². The molecule has 1 aliphatic rings. The Morgan fingerprint density at radius 3 is 2.77 bits per heavy atom. The van der Waals surface area contributed by atoms with Crippen molar-refractivity contribution in [1.29, 1.82) is 0 Å². The maximum absolute atomic E-state index is 5.58. The Bertz CT molecular complexity index is 286. The molecule has 72 valence electrons. The Kier molecular flexibility index (Phi) is 2.12. The first-order valence-electron chi connectivity index (χ1n) is 4.81. The fourth-order valence-electron chi connectivity index (χ4n) is 1.88. The number of aromatic nitrogens is 2. The van der Waals surface area contributed by atoms with Crippen LogP contribution in [-0.4, -0.2) is 15.6 Å². The van der Waals surface area contributed by atoms with Crippen molar-refractivity contribution >= 4 is 11.8 Å². The average molecular weight is 180 g/mol. The Hall–Kier alpha value is -1.19. The quantitative estimate of drug-likeness (QED) is 0.722. The Morgan fingerprint density at radius 2 is 2.23 bits per heavy atom. The molecule has 0 atom stereocenters. The molecule has 0 bridgehead atoms. The molecule has 0 aromatic carbocycles. The number of rotatable bonds is 2. The first-order valence-corrected chi connectivity index (χ1v) is 4.81. The van der Waals surface area contributed by atoms with Gasteiger partial charge in [-0.25, -0.2) is 0 Å². The third-order valence-corrected chi connectivity index (χ3v) is 2.58. The molecule has 1 saturated carbocycles. The van der Waals surface area contributed by atoms with Gasteiger partial charge in [-0.15, -0.1) is 0 Å². The van der Waals surface area contributed by atoms with E-state index in [9.17, 15) is 0 Å². The summed E-state index contributed by atoms with van der Waals surface area (Å²) in [6.45, 7) is 0. The van der Waals surface area contributed by atoms with E-state index in [1.165, 1.54) is 25.7 Å². The molecule has 0 spiro atoms. The van der Waals surface area contributed by atoms with Crippen LogP contribution in [0.4, 0.5) is 11.8 Å². The van der Waals surface area contributed by atoms with Crippen molar-refractivity contribution in [2.24, 2.45) is 7.05 Å². The molecule has 0 unspecified atom stereocenters. The second kappa shape index (κ2) is 3.28. The second-order valence-corrected chi connectivity index (χ2v) is 3.73. The van der Waals surface area contributed by atoms with Crippen LogP contribution < -0.4 is 11.1 Å². The van der Waals surface area contributed by atoms with Crippen molar-refractivity contribution in [3.8, 4) is 0 Å². The molecule has 1 aromatic heterocycles. The van der Waals surface area contributed by atoms with Crippen molar-refractivity contribution < 1.29 is 0 Å². The highest BCUT2D eigenvalue weighted by molar-refractivity contribution is 5.39. The van der Waals surface area contributed by atoms with Crippen LogP contribution in [0, 0.1) is 0 Å². The largest absolute Gasteiger partial charge is 0.382 e. The molecule has 0 radical (unpaired) electrons. The van der Waals surface area contributed by atoms with Crippen LogP contribution in [0.25, 0.3) is 0 Å². The van der Waals surface area contributed by atoms with Gasteiger partial charge in [0.05, 0.1) is 0 Å². The van der Waals surface area contributed by atoms with Gasteiger partial charge in [-0.1, -0.05) is 12.8 Å². The van der Waals surface area contributed by atoms with E-state index in [-0.39, 0.29) is 0 Å². The number of nitrogen functional groups attached to an aromatic ring is 1. The van der Waals surface area contributed by atoms with Crippen molar-refractivity contribution in [2.45, 2.75) is 31.7 Å². The zero-order valence-electron chi connectivity index (χ0n) is 7.95. The molecular formula is C9H16N4. The van der Waals surface area contributed by atoms with Gasteiger partial charge in [0, 0.05) is 19.3 Å². The highest BCUT2D eigenvalue weighted by atomic mass is 15.2. The Morgan fingerprint density at radius 1 is 1.54 bits per heavy atom. The zero-order chi connectivity index (χ0) is 9.26. The maximum atomic E-state index is 5.58. The normalized spacial score (nSPS) is 17.9. The van der Waals surface area contributed by atoms with Crippen molar-refractivity contribution in [1.82, 2.24) is 9.55 Å². The Balaban J connectivity index is 2.03. The van der Waals surface area contributed by atoms with Crippen molar-refractivity contribution in [3.63, 3.8) is 0 Å². The third kappa shape index (κ3) is 1.76. The molecule has 3 N–H and O–H groups in total. The van der Waals surface area contributed by atoms with E-state index < -0.39 is 0 Å². The Labute approximate surface area is 78.1 Å². The first-order chi connectivity index (χ1) is 6.25. The minimum atomic E-state index is 0.586. The van der Waals surface area contributed by atoms with E-state index >= 15 is 0 Å². The lowest BCUT2D eigenvalue weighted by Crippen LogP contribution is -2.17. The number of hydrogen-bond acceptors (Lipinski definition) is 3. The fraction of sp³-hybridized carbons (Fsp3) is 0.667. The van der Waals surface area contributed by atoms with Crippen LogP contribution in [0.3, 0.4) is 0 Å². The van der Waals surface area contributed by atoms with Gasteiger partial charge in [-0.05, 0) is 12.8 Å². The van der Waals surface area contributed by atoms with Gasteiger partial charge < -0.3 is 15.6 Å². The van der Waals surface area contributed by atoms with E-state index in [4.69, 9.17) is 5.73 Å². The summed E-state index contributed by atoms with van der Waals surface area (Å²) in [7, 11) is 1.96. The topological polar surface area (TPSA) is 55.9 Å². The highest BCUT2D eigenvalue weighted by Gasteiger charge is 2.16. The molecular weight excluding hydrogens is 164 g/mol. The summed E-state index contributed by atoms with van der Waals surface area (Å²) in [4.78, 5) is 4.20. The number of anilines is 2. The van der Waals surface area contributed by atoms with E-state index in [2.05, 4.69) is 10.3 Å². The summed E-state index contributed by atoms with van der Waals surface area (Å²) in [5.41, 5.74) is 5.58. The van der Waals surface area contributed by atoms with Crippen LogP contribution in [0.2, 0.25) is 0 Å². The molecule has 1 aromatic rings. The van der Waals surface area contributed by atoms with Gasteiger partial charge in [0.15, 0.2) is 0 Å². The van der Waals surface area contributed by atoms with Gasteiger partial charge in [0.1, 0.15) is 5.82 Å². The lowest BCUT2D eigenvalue weighted by Gasteiger charge is -2.11. The molecule has 4 nitrogen and oxygen atoms in total. The smallest absolute Gasteiger partial charge is 0.204 e. The monoisotopic (exact) mass is 180 g/mol. The lowest BCUT2D eigenvalue weighted by molar-refractivity contribution is 0.732. The van der Waals surface area contributed by atoms with E-state index in [0.717, 1.165) is 5.95 Å². The van der Waals surface area contributed by atoms with Crippen LogP contribution in [0.1, 0.15) is 25.7 Å². The van der Waals surface area contributed by atoms with Gasteiger partial charge in [-0.2, -0.15) is 4.98 Å². The van der Waals surface area contributed by atoms with Gasteiger partial charge in [0.2, 0.25) is 5.95 Å².